The minimum atomic E-state index is -7.04. The lowest BCUT2D eigenvalue weighted by atomic mass is 9.98. The Morgan fingerprint density at radius 3 is 1.53 bits per heavy atom. The van der Waals surface area contributed by atoms with Crippen LogP contribution < -0.4 is 0 Å². The van der Waals surface area contributed by atoms with E-state index in [4.69, 9.17) is 0 Å². The van der Waals surface area contributed by atoms with Crippen molar-refractivity contribution in [2.24, 2.45) is 0 Å². The van der Waals surface area contributed by atoms with Crippen molar-refractivity contribution in [2.75, 3.05) is 0 Å². The van der Waals surface area contributed by atoms with Gasteiger partial charge in [-0.25, -0.2) is 4.98 Å². The number of alkyl halides is 9. The van der Waals surface area contributed by atoms with Gasteiger partial charge in [-0.15, -0.1) is 0 Å². The van der Waals surface area contributed by atoms with Gasteiger partial charge < -0.3 is 4.42 Å². The zero-order valence-corrected chi connectivity index (χ0v) is 14.5. The molecule has 0 saturated heterocycles. The Morgan fingerprint density at radius 1 is 0.600 bits per heavy atom. The van der Waals surface area contributed by atoms with E-state index >= 15 is 0 Å². The third-order valence-corrected chi connectivity index (χ3v) is 4.13. The van der Waals surface area contributed by atoms with Gasteiger partial charge in [0.05, 0.1) is 0 Å². The van der Waals surface area contributed by atoms with E-state index < -0.39 is 41.3 Å². The summed E-state index contributed by atoms with van der Waals surface area (Å²) in [6.45, 7) is 0. The normalized spacial score (nSPS) is 13.5. The summed E-state index contributed by atoms with van der Waals surface area (Å²) in [5.74, 6) is -22.7. The van der Waals surface area contributed by atoms with Crippen LogP contribution in [0.15, 0.2) is 65.1 Å². The van der Waals surface area contributed by atoms with Gasteiger partial charge in [-0.3, -0.25) is 0 Å². The highest BCUT2D eigenvalue weighted by Gasteiger charge is 2.83. The maximum absolute atomic E-state index is 14.6. The maximum Gasteiger partial charge on any atom is 0.460 e. The minimum Gasteiger partial charge on any atom is -0.434 e. The second kappa shape index (κ2) is 7.06. The third-order valence-electron chi connectivity index (χ3n) is 4.13. The molecule has 0 spiro atoms. The van der Waals surface area contributed by atoms with E-state index in [1.54, 1.807) is 0 Å². The highest BCUT2D eigenvalue weighted by atomic mass is 19.4. The quantitative estimate of drug-likeness (QED) is 0.403. The van der Waals surface area contributed by atoms with Crippen LogP contribution in [-0.4, -0.2) is 23.0 Å². The van der Waals surface area contributed by atoms with Gasteiger partial charge in [0.1, 0.15) is 5.69 Å². The van der Waals surface area contributed by atoms with Crippen molar-refractivity contribution >= 4 is 0 Å². The van der Waals surface area contributed by atoms with Crippen LogP contribution in [0.5, 0.6) is 0 Å². The Morgan fingerprint density at radius 2 is 1.07 bits per heavy atom. The van der Waals surface area contributed by atoms with E-state index in [1.165, 1.54) is 48.5 Å². The SMILES string of the molecule is FC(F)(F)C(F)(F)C(F)(F)C(F)(F)c1oc(-c2ccccc2)nc1-c1ccccc1. The smallest absolute Gasteiger partial charge is 0.434 e. The van der Waals surface area contributed by atoms with Crippen LogP contribution in [-0.2, 0) is 5.92 Å². The zero-order valence-electron chi connectivity index (χ0n) is 14.5. The molecule has 0 amide bonds. The largest absolute Gasteiger partial charge is 0.460 e. The number of nitrogens with zero attached hydrogens (tertiary/aromatic N) is 1. The Kier molecular flexibility index (Phi) is 5.11. The molecule has 0 N–H and O–H groups in total. The highest BCUT2D eigenvalue weighted by Crippen LogP contribution is 2.58. The van der Waals surface area contributed by atoms with Gasteiger partial charge in [0.25, 0.3) is 0 Å². The van der Waals surface area contributed by atoms with E-state index in [0.29, 0.717) is 0 Å². The predicted molar refractivity (Wildman–Crippen MR) is 87.2 cm³/mol. The second-order valence-electron chi connectivity index (χ2n) is 6.15. The number of oxazole rings is 1. The van der Waals surface area contributed by atoms with E-state index in [9.17, 15) is 39.5 Å². The number of hydrogen-bond acceptors (Lipinski definition) is 2. The summed E-state index contributed by atoms with van der Waals surface area (Å²) in [5.41, 5.74) is -1.22. The Balaban J connectivity index is 2.24. The maximum atomic E-state index is 14.6. The van der Waals surface area contributed by atoms with Crippen molar-refractivity contribution in [1.29, 1.82) is 0 Å². The Bertz CT molecular complexity index is 1010. The second-order valence-corrected chi connectivity index (χ2v) is 6.15. The van der Waals surface area contributed by atoms with Crippen LogP contribution in [0.3, 0.4) is 0 Å². The van der Waals surface area contributed by atoms with Crippen LogP contribution in [0.25, 0.3) is 22.7 Å². The van der Waals surface area contributed by atoms with Crippen molar-refractivity contribution in [3.05, 3.63) is 66.4 Å². The summed E-state index contributed by atoms with van der Waals surface area (Å²) in [6.07, 6.45) is -6.94. The molecule has 2 nitrogen and oxygen atoms in total. The van der Waals surface area contributed by atoms with Gasteiger partial charge >= 0.3 is 23.9 Å². The molecule has 3 aromatic rings. The highest BCUT2D eigenvalue weighted by molar-refractivity contribution is 5.66. The molecule has 0 aliphatic rings. The number of aromatic nitrogens is 1. The van der Waals surface area contributed by atoms with Crippen LogP contribution in [0.1, 0.15) is 5.76 Å². The molecule has 160 valence electrons. The topological polar surface area (TPSA) is 26.0 Å². The van der Waals surface area contributed by atoms with Crippen molar-refractivity contribution in [2.45, 2.75) is 23.9 Å². The van der Waals surface area contributed by atoms with E-state index in [-0.39, 0.29) is 11.1 Å². The number of rotatable bonds is 5. The first-order valence-corrected chi connectivity index (χ1v) is 8.13. The molecule has 1 heterocycles. The summed E-state index contributed by atoms with van der Waals surface area (Å²) in [4.78, 5) is 3.67. The predicted octanol–water partition coefficient (Wildman–Crippen LogP) is 6.93. The third kappa shape index (κ3) is 3.31. The van der Waals surface area contributed by atoms with Crippen molar-refractivity contribution in [3.8, 4) is 22.7 Å². The van der Waals surface area contributed by atoms with Crippen LogP contribution >= 0.6 is 0 Å². The summed E-state index contributed by atoms with van der Waals surface area (Å²) in [7, 11) is 0. The van der Waals surface area contributed by atoms with Crippen LogP contribution in [0.4, 0.5) is 39.5 Å². The average molecular weight is 439 g/mol. The van der Waals surface area contributed by atoms with Gasteiger partial charge in [0.2, 0.25) is 11.7 Å². The molecule has 2 aromatic carbocycles. The first-order chi connectivity index (χ1) is 13.8. The van der Waals surface area contributed by atoms with Gasteiger partial charge in [-0.1, -0.05) is 48.5 Å². The molecule has 0 saturated carbocycles. The standard InChI is InChI=1S/C19H10F9NO/c20-16(21,17(22,23)18(24,25)19(26,27)28)14-13(11-7-3-1-4-8-11)29-15(30-14)12-9-5-2-6-10-12/h1-10H. The number of halogens is 9. The van der Waals surface area contributed by atoms with Gasteiger partial charge in [0, 0.05) is 11.1 Å². The van der Waals surface area contributed by atoms with Crippen molar-refractivity contribution in [3.63, 3.8) is 0 Å². The molecular formula is C19H10F9NO. The molecule has 0 atom stereocenters. The van der Waals surface area contributed by atoms with E-state index in [0.717, 1.165) is 12.1 Å². The molecule has 0 fully saturated rings. The number of benzene rings is 2. The lowest BCUT2D eigenvalue weighted by Crippen LogP contribution is -2.59. The summed E-state index contributed by atoms with van der Waals surface area (Å²) < 4.78 is 126. The fourth-order valence-electron chi connectivity index (χ4n) is 2.55. The molecule has 3 rings (SSSR count). The molecular weight excluding hydrogens is 429 g/mol. The molecule has 30 heavy (non-hydrogen) atoms. The average Bonchev–Trinajstić information content (AvgIpc) is 3.14. The molecule has 0 aliphatic heterocycles. The molecule has 0 aliphatic carbocycles. The Labute approximate surface area is 163 Å². The summed E-state index contributed by atoms with van der Waals surface area (Å²) in [5, 5.41) is 0. The summed E-state index contributed by atoms with van der Waals surface area (Å²) in [6, 6.07) is 13.3. The van der Waals surface area contributed by atoms with Gasteiger partial charge in [-0.2, -0.15) is 39.5 Å². The fraction of sp³-hybridized carbons (Fsp3) is 0.211. The lowest BCUT2D eigenvalue weighted by molar-refractivity contribution is -0.401. The Hall–Kier alpha value is -2.98. The van der Waals surface area contributed by atoms with E-state index in [2.05, 4.69) is 9.40 Å². The molecule has 0 radical (unpaired) electrons. The fourth-order valence-corrected chi connectivity index (χ4v) is 2.55. The number of hydrogen-bond donors (Lipinski definition) is 0. The van der Waals surface area contributed by atoms with Gasteiger partial charge in [0.15, 0.2) is 0 Å². The summed E-state index contributed by atoms with van der Waals surface area (Å²) >= 11 is 0. The van der Waals surface area contributed by atoms with Crippen LogP contribution in [0, 0.1) is 0 Å². The van der Waals surface area contributed by atoms with Crippen LogP contribution in [0.2, 0.25) is 0 Å². The lowest BCUT2D eigenvalue weighted by Gasteiger charge is -2.32. The van der Waals surface area contributed by atoms with Gasteiger partial charge in [-0.05, 0) is 12.1 Å². The molecule has 0 unspecified atom stereocenters. The molecule has 11 heteroatoms. The van der Waals surface area contributed by atoms with Crippen molar-refractivity contribution in [1.82, 2.24) is 4.98 Å². The minimum absolute atomic E-state index is 0.0163. The monoisotopic (exact) mass is 439 g/mol. The van der Waals surface area contributed by atoms with E-state index in [1.807, 2.05) is 0 Å². The zero-order chi connectivity index (χ0) is 22.4. The van der Waals surface area contributed by atoms with Crippen molar-refractivity contribution < 1.29 is 43.9 Å². The molecule has 1 aromatic heterocycles. The first-order valence-electron chi connectivity index (χ1n) is 8.13. The molecule has 0 bridgehead atoms. The first kappa shape index (κ1) is 21.7.